The Hall–Kier alpha value is -1.92. The number of piperazine rings is 1. The molecule has 0 aliphatic carbocycles. The van der Waals surface area contributed by atoms with E-state index in [1.807, 2.05) is 13.0 Å². The molecule has 0 saturated carbocycles. The average molecular weight is 334 g/mol. The molecule has 0 radical (unpaired) electrons. The van der Waals surface area contributed by atoms with Crippen molar-refractivity contribution in [2.75, 3.05) is 31.1 Å². The molecule has 2 aromatic heterocycles. The number of rotatable bonds is 3. The summed E-state index contributed by atoms with van der Waals surface area (Å²) in [6.07, 6.45) is 3.44. The Labute approximate surface area is 140 Å². The molecule has 1 aliphatic rings. The summed E-state index contributed by atoms with van der Waals surface area (Å²) in [5, 5.41) is 0.679. The quantitative estimate of drug-likeness (QED) is 0.930. The van der Waals surface area contributed by atoms with Crippen LogP contribution >= 0.6 is 11.6 Å². The number of hydrogen-bond acceptors (Lipinski definition) is 5. The van der Waals surface area contributed by atoms with Gasteiger partial charge in [-0.2, -0.15) is 0 Å². The minimum absolute atomic E-state index is 0.0812. The van der Waals surface area contributed by atoms with Gasteiger partial charge >= 0.3 is 0 Å². The van der Waals surface area contributed by atoms with Gasteiger partial charge in [0.05, 0.1) is 16.8 Å². The van der Waals surface area contributed by atoms with Crippen molar-refractivity contribution in [3.63, 3.8) is 0 Å². The first-order valence-electron chi connectivity index (χ1n) is 7.71. The minimum Gasteiger partial charge on any atom is -0.368 e. The molecule has 1 N–H and O–H groups in total. The standard InChI is InChI=1S/C16H20ClN5O/c1-11-9-15(23)20-16(19-11)12(2)21-5-7-22(8-6-21)14-3-4-18-10-13(14)17/h3-4,9-10,12H,5-8H2,1-2H3,(H,19,20,23)/t12-/m1/s1. The van der Waals surface area contributed by atoms with Crippen molar-refractivity contribution >= 4 is 17.3 Å². The summed E-state index contributed by atoms with van der Waals surface area (Å²) in [6.45, 7) is 7.45. The summed E-state index contributed by atoms with van der Waals surface area (Å²) in [6, 6.07) is 3.54. The Morgan fingerprint density at radius 1 is 1.30 bits per heavy atom. The van der Waals surface area contributed by atoms with Crippen LogP contribution in [0.2, 0.25) is 5.02 Å². The number of pyridine rings is 1. The number of nitrogens with one attached hydrogen (secondary N) is 1. The van der Waals surface area contributed by atoms with Crippen LogP contribution in [0.15, 0.2) is 29.3 Å². The van der Waals surface area contributed by atoms with Crippen molar-refractivity contribution in [1.29, 1.82) is 0 Å². The van der Waals surface area contributed by atoms with Crippen LogP contribution in [-0.4, -0.2) is 46.0 Å². The maximum Gasteiger partial charge on any atom is 0.251 e. The lowest BCUT2D eigenvalue weighted by Gasteiger charge is -2.38. The van der Waals surface area contributed by atoms with Crippen LogP contribution in [0.25, 0.3) is 0 Å². The molecule has 1 saturated heterocycles. The summed E-state index contributed by atoms with van der Waals surface area (Å²) in [5.74, 6) is 0.727. The largest absolute Gasteiger partial charge is 0.368 e. The van der Waals surface area contributed by atoms with Crippen molar-refractivity contribution in [3.8, 4) is 0 Å². The fourth-order valence-electron chi connectivity index (χ4n) is 2.95. The molecule has 0 aromatic carbocycles. The molecule has 1 aliphatic heterocycles. The van der Waals surface area contributed by atoms with Crippen LogP contribution < -0.4 is 10.5 Å². The number of aromatic nitrogens is 3. The molecular weight excluding hydrogens is 314 g/mol. The molecule has 0 amide bonds. The van der Waals surface area contributed by atoms with E-state index in [2.05, 4.69) is 31.7 Å². The van der Waals surface area contributed by atoms with Gasteiger partial charge in [-0.15, -0.1) is 0 Å². The Morgan fingerprint density at radius 2 is 2.04 bits per heavy atom. The van der Waals surface area contributed by atoms with Gasteiger partial charge in [0.1, 0.15) is 5.82 Å². The summed E-state index contributed by atoms with van der Waals surface area (Å²) in [7, 11) is 0. The van der Waals surface area contributed by atoms with Crippen molar-refractivity contribution < 1.29 is 0 Å². The Morgan fingerprint density at radius 3 is 2.70 bits per heavy atom. The first-order valence-corrected chi connectivity index (χ1v) is 8.09. The monoisotopic (exact) mass is 333 g/mol. The zero-order valence-electron chi connectivity index (χ0n) is 13.3. The number of nitrogens with zero attached hydrogens (tertiary/aromatic N) is 4. The lowest BCUT2D eigenvalue weighted by Crippen LogP contribution is -2.47. The van der Waals surface area contributed by atoms with Gasteiger partial charge in [-0.1, -0.05) is 11.6 Å². The third-order valence-corrected chi connectivity index (χ3v) is 4.53. The molecule has 7 heteroatoms. The number of H-pyrrole nitrogens is 1. The van der Waals surface area contributed by atoms with Crippen LogP contribution in [0.1, 0.15) is 24.5 Å². The van der Waals surface area contributed by atoms with Crippen LogP contribution in [0.4, 0.5) is 5.69 Å². The Bertz CT molecular complexity index is 739. The summed E-state index contributed by atoms with van der Waals surface area (Å²) in [5.41, 5.74) is 1.68. The molecule has 0 spiro atoms. The van der Waals surface area contributed by atoms with Crippen molar-refractivity contribution in [2.45, 2.75) is 19.9 Å². The fourth-order valence-corrected chi connectivity index (χ4v) is 3.19. The SMILES string of the molecule is Cc1cc(=O)[nH]c([C@@H](C)N2CCN(c3ccncc3Cl)CC2)n1. The fraction of sp³-hybridized carbons (Fsp3) is 0.438. The number of anilines is 1. The van der Waals surface area contributed by atoms with Crippen LogP contribution in [0.3, 0.4) is 0 Å². The molecule has 2 aromatic rings. The van der Waals surface area contributed by atoms with Gasteiger partial charge in [0.25, 0.3) is 5.56 Å². The maximum absolute atomic E-state index is 11.6. The van der Waals surface area contributed by atoms with Gasteiger partial charge in [-0.3, -0.25) is 14.7 Å². The van der Waals surface area contributed by atoms with Crippen molar-refractivity contribution in [1.82, 2.24) is 19.9 Å². The summed E-state index contributed by atoms with van der Waals surface area (Å²) >= 11 is 6.22. The van der Waals surface area contributed by atoms with Gasteiger partial charge < -0.3 is 9.88 Å². The molecule has 23 heavy (non-hydrogen) atoms. The first-order chi connectivity index (χ1) is 11.0. The number of aryl methyl sites for hydroxylation is 1. The molecule has 122 valence electrons. The van der Waals surface area contributed by atoms with Crippen molar-refractivity contribution in [3.05, 3.63) is 51.4 Å². The summed E-state index contributed by atoms with van der Waals surface area (Å²) in [4.78, 5) is 27.6. The zero-order valence-corrected chi connectivity index (χ0v) is 14.0. The summed E-state index contributed by atoms with van der Waals surface area (Å²) < 4.78 is 0. The van der Waals surface area contributed by atoms with E-state index in [-0.39, 0.29) is 11.6 Å². The predicted octanol–water partition coefficient (Wildman–Crippen LogP) is 2.01. The second kappa shape index (κ2) is 6.68. The zero-order chi connectivity index (χ0) is 16.4. The van der Waals surface area contributed by atoms with Gasteiger partial charge in [-0.05, 0) is 19.9 Å². The normalized spacial score (nSPS) is 17.3. The third kappa shape index (κ3) is 3.54. The highest BCUT2D eigenvalue weighted by Gasteiger charge is 2.24. The predicted molar refractivity (Wildman–Crippen MR) is 91.0 cm³/mol. The highest BCUT2D eigenvalue weighted by Crippen LogP contribution is 2.26. The molecule has 1 fully saturated rings. The molecule has 3 heterocycles. The lowest BCUT2D eigenvalue weighted by molar-refractivity contribution is 0.191. The average Bonchev–Trinajstić information content (AvgIpc) is 2.54. The number of hydrogen-bond donors (Lipinski definition) is 1. The highest BCUT2D eigenvalue weighted by atomic mass is 35.5. The van der Waals surface area contributed by atoms with E-state index >= 15 is 0 Å². The molecule has 0 bridgehead atoms. The smallest absolute Gasteiger partial charge is 0.251 e. The minimum atomic E-state index is -0.0958. The first kappa shape index (κ1) is 16.0. The highest BCUT2D eigenvalue weighted by molar-refractivity contribution is 6.33. The second-order valence-electron chi connectivity index (χ2n) is 5.80. The van der Waals surface area contributed by atoms with E-state index in [9.17, 15) is 4.79 Å². The number of aromatic amines is 1. The molecule has 1 atom stereocenters. The molecule has 0 unspecified atom stereocenters. The van der Waals surface area contributed by atoms with Gasteiger partial charge in [0, 0.05) is 50.3 Å². The maximum atomic E-state index is 11.6. The van der Waals surface area contributed by atoms with Crippen LogP contribution in [0.5, 0.6) is 0 Å². The Kier molecular flexibility index (Phi) is 4.63. The van der Waals surface area contributed by atoms with E-state index in [0.29, 0.717) is 5.02 Å². The van der Waals surface area contributed by atoms with Gasteiger partial charge in [0.2, 0.25) is 0 Å². The molecule has 3 rings (SSSR count). The Balaban J connectivity index is 1.69. The molecule has 6 nitrogen and oxygen atoms in total. The second-order valence-corrected chi connectivity index (χ2v) is 6.21. The van der Waals surface area contributed by atoms with Crippen LogP contribution in [0, 0.1) is 6.92 Å². The van der Waals surface area contributed by atoms with E-state index in [4.69, 9.17) is 11.6 Å². The number of halogens is 1. The van der Waals surface area contributed by atoms with Gasteiger partial charge in [0.15, 0.2) is 0 Å². The lowest BCUT2D eigenvalue weighted by atomic mass is 10.2. The topological polar surface area (TPSA) is 65.1 Å². The van der Waals surface area contributed by atoms with E-state index < -0.39 is 0 Å². The van der Waals surface area contributed by atoms with E-state index in [0.717, 1.165) is 43.4 Å². The van der Waals surface area contributed by atoms with Crippen molar-refractivity contribution in [2.24, 2.45) is 0 Å². The van der Waals surface area contributed by atoms with Gasteiger partial charge in [-0.25, -0.2) is 4.98 Å². The van der Waals surface area contributed by atoms with Crippen LogP contribution in [-0.2, 0) is 0 Å². The van der Waals surface area contributed by atoms with E-state index in [1.54, 1.807) is 12.4 Å². The third-order valence-electron chi connectivity index (χ3n) is 4.24. The van der Waals surface area contributed by atoms with E-state index in [1.165, 1.54) is 6.07 Å². The molecular formula is C16H20ClN5O.